The van der Waals surface area contributed by atoms with Crippen molar-refractivity contribution in [3.05, 3.63) is 29.8 Å². The molecule has 1 N–H and O–H groups in total. The number of nitrogens with one attached hydrogen (secondary N) is 1. The van der Waals surface area contributed by atoms with Gasteiger partial charge in [0.15, 0.2) is 9.84 Å². The van der Waals surface area contributed by atoms with Crippen LogP contribution in [0.4, 0.5) is 5.69 Å². The molecule has 0 amide bonds. The highest BCUT2D eigenvalue weighted by atomic mass is 32.2. The van der Waals surface area contributed by atoms with E-state index in [-0.39, 0.29) is 23.5 Å². The third-order valence-electron chi connectivity index (χ3n) is 3.14. The Balaban J connectivity index is 2.01. The van der Waals surface area contributed by atoms with Gasteiger partial charge in [0.1, 0.15) is 0 Å². The Kier molecular flexibility index (Phi) is 4.09. The lowest BCUT2D eigenvalue weighted by Crippen LogP contribution is -2.34. The van der Waals surface area contributed by atoms with Gasteiger partial charge in [-0.25, -0.2) is 13.2 Å². The third-order valence-corrected chi connectivity index (χ3v) is 4.96. The summed E-state index contributed by atoms with van der Waals surface area (Å²) in [6.07, 6.45) is 1.54. The fourth-order valence-electron chi connectivity index (χ4n) is 2.19. The molecule has 1 aliphatic rings. The smallest absolute Gasteiger partial charge is 0.337 e. The van der Waals surface area contributed by atoms with Gasteiger partial charge in [-0.05, 0) is 37.1 Å². The monoisotopic (exact) mass is 283 g/mol. The molecule has 0 radical (unpaired) electrons. The predicted octanol–water partition coefficient (Wildman–Crippen LogP) is 1.46. The zero-order valence-electron chi connectivity index (χ0n) is 10.8. The first kappa shape index (κ1) is 13.9. The molecule has 5 nitrogen and oxygen atoms in total. The third kappa shape index (κ3) is 3.70. The Morgan fingerprint density at radius 2 is 2.00 bits per heavy atom. The highest BCUT2D eigenvalue weighted by Crippen LogP contribution is 2.18. The lowest BCUT2D eigenvalue weighted by atomic mass is 10.1. The molecule has 1 aromatic rings. The van der Waals surface area contributed by atoms with E-state index >= 15 is 0 Å². The van der Waals surface area contributed by atoms with Gasteiger partial charge in [-0.1, -0.05) is 0 Å². The molecule has 1 aromatic carbocycles. The van der Waals surface area contributed by atoms with E-state index in [0.29, 0.717) is 12.0 Å². The summed E-state index contributed by atoms with van der Waals surface area (Å²) in [6.45, 7) is 0. The number of rotatable bonds is 3. The van der Waals surface area contributed by atoms with Gasteiger partial charge < -0.3 is 10.1 Å². The van der Waals surface area contributed by atoms with E-state index in [1.165, 1.54) is 7.11 Å². The van der Waals surface area contributed by atoms with E-state index in [1.807, 2.05) is 0 Å². The van der Waals surface area contributed by atoms with Gasteiger partial charge in [0, 0.05) is 11.7 Å². The van der Waals surface area contributed by atoms with E-state index in [9.17, 15) is 13.2 Å². The number of carbonyl (C=O) groups is 1. The van der Waals surface area contributed by atoms with Gasteiger partial charge >= 0.3 is 5.97 Å². The SMILES string of the molecule is COC(=O)c1ccc(NC2CCCS(=O)(=O)C2)cc1. The van der Waals surface area contributed by atoms with Crippen LogP contribution in [0.3, 0.4) is 0 Å². The van der Waals surface area contributed by atoms with Crippen LogP contribution in [0.2, 0.25) is 0 Å². The summed E-state index contributed by atoms with van der Waals surface area (Å²) in [5, 5.41) is 3.19. The first-order chi connectivity index (χ1) is 9.00. The van der Waals surface area contributed by atoms with Crippen molar-refractivity contribution in [3.8, 4) is 0 Å². The summed E-state index contributed by atoms with van der Waals surface area (Å²) in [5.74, 6) is 0.0740. The first-order valence-corrected chi connectivity index (χ1v) is 7.98. The number of hydrogen-bond acceptors (Lipinski definition) is 5. The molecule has 0 spiro atoms. The summed E-state index contributed by atoms with van der Waals surface area (Å²) >= 11 is 0. The Hall–Kier alpha value is -1.56. The highest BCUT2D eigenvalue weighted by molar-refractivity contribution is 7.91. The molecular weight excluding hydrogens is 266 g/mol. The van der Waals surface area contributed by atoms with E-state index in [2.05, 4.69) is 10.1 Å². The maximum atomic E-state index is 11.5. The summed E-state index contributed by atoms with van der Waals surface area (Å²) in [5.41, 5.74) is 1.29. The maximum Gasteiger partial charge on any atom is 0.337 e. The second kappa shape index (κ2) is 5.61. The van der Waals surface area contributed by atoms with Gasteiger partial charge in [0.05, 0.1) is 24.2 Å². The Labute approximate surface area is 112 Å². The van der Waals surface area contributed by atoms with Crippen molar-refractivity contribution >= 4 is 21.5 Å². The summed E-state index contributed by atoms with van der Waals surface area (Å²) in [6, 6.07) is 6.78. The molecule has 0 aromatic heterocycles. The topological polar surface area (TPSA) is 72.5 Å². The van der Waals surface area contributed by atoms with Crippen LogP contribution in [0.15, 0.2) is 24.3 Å². The Morgan fingerprint density at radius 1 is 1.32 bits per heavy atom. The molecule has 0 aliphatic carbocycles. The lowest BCUT2D eigenvalue weighted by molar-refractivity contribution is 0.0601. The normalized spacial score (nSPS) is 21.6. The average molecular weight is 283 g/mol. The first-order valence-electron chi connectivity index (χ1n) is 6.15. The molecule has 2 rings (SSSR count). The number of carbonyl (C=O) groups excluding carboxylic acids is 1. The van der Waals surface area contributed by atoms with Crippen LogP contribution >= 0.6 is 0 Å². The van der Waals surface area contributed by atoms with Crippen molar-refractivity contribution in [2.24, 2.45) is 0 Å². The summed E-state index contributed by atoms with van der Waals surface area (Å²) in [4.78, 5) is 11.3. The molecule has 1 unspecified atom stereocenters. The molecule has 1 saturated heterocycles. The molecular formula is C13H17NO4S. The van der Waals surface area contributed by atoms with Crippen molar-refractivity contribution < 1.29 is 17.9 Å². The van der Waals surface area contributed by atoms with E-state index < -0.39 is 9.84 Å². The molecule has 0 bridgehead atoms. The Bertz CT molecular complexity index is 551. The number of anilines is 1. The average Bonchev–Trinajstić information content (AvgIpc) is 2.37. The molecule has 6 heteroatoms. The zero-order valence-corrected chi connectivity index (χ0v) is 11.6. The van der Waals surface area contributed by atoms with Crippen LogP contribution < -0.4 is 5.32 Å². The molecule has 1 fully saturated rings. The highest BCUT2D eigenvalue weighted by Gasteiger charge is 2.24. The minimum absolute atomic E-state index is 0.0530. The van der Waals surface area contributed by atoms with Gasteiger partial charge in [-0.2, -0.15) is 0 Å². The van der Waals surface area contributed by atoms with E-state index in [1.54, 1.807) is 24.3 Å². The fraction of sp³-hybridized carbons (Fsp3) is 0.462. The predicted molar refractivity (Wildman–Crippen MR) is 73.1 cm³/mol. The minimum Gasteiger partial charge on any atom is -0.465 e. The van der Waals surface area contributed by atoms with Gasteiger partial charge in [0.25, 0.3) is 0 Å². The lowest BCUT2D eigenvalue weighted by Gasteiger charge is -2.24. The largest absolute Gasteiger partial charge is 0.465 e. The number of benzene rings is 1. The van der Waals surface area contributed by atoms with Crippen LogP contribution in [-0.2, 0) is 14.6 Å². The quantitative estimate of drug-likeness (QED) is 0.850. The van der Waals surface area contributed by atoms with Crippen LogP contribution in [0.25, 0.3) is 0 Å². The number of sulfone groups is 1. The van der Waals surface area contributed by atoms with Crippen molar-refractivity contribution in [3.63, 3.8) is 0 Å². The zero-order chi connectivity index (χ0) is 13.9. The molecule has 0 saturated carbocycles. The molecule has 1 aliphatic heterocycles. The summed E-state index contributed by atoms with van der Waals surface area (Å²) < 4.78 is 27.7. The van der Waals surface area contributed by atoms with Crippen molar-refractivity contribution in [2.45, 2.75) is 18.9 Å². The molecule has 1 atom stereocenters. The van der Waals surface area contributed by atoms with E-state index in [0.717, 1.165) is 12.1 Å². The number of methoxy groups -OCH3 is 1. The van der Waals surface area contributed by atoms with Crippen molar-refractivity contribution in [1.29, 1.82) is 0 Å². The molecule has 104 valence electrons. The number of esters is 1. The van der Waals surface area contributed by atoms with Crippen molar-refractivity contribution in [2.75, 3.05) is 23.9 Å². The second-order valence-electron chi connectivity index (χ2n) is 4.67. The van der Waals surface area contributed by atoms with Crippen LogP contribution in [0.5, 0.6) is 0 Å². The van der Waals surface area contributed by atoms with E-state index in [4.69, 9.17) is 0 Å². The van der Waals surface area contributed by atoms with Crippen LogP contribution in [-0.4, -0.2) is 39.0 Å². The van der Waals surface area contributed by atoms with Crippen LogP contribution in [0.1, 0.15) is 23.2 Å². The molecule has 1 heterocycles. The standard InChI is InChI=1S/C13H17NO4S/c1-18-13(15)10-4-6-11(7-5-10)14-12-3-2-8-19(16,17)9-12/h4-7,12,14H,2-3,8-9H2,1H3. The van der Waals surface area contributed by atoms with Crippen LogP contribution in [0, 0.1) is 0 Å². The second-order valence-corrected chi connectivity index (χ2v) is 6.90. The molecule has 19 heavy (non-hydrogen) atoms. The van der Waals surface area contributed by atoms with Gasteiger partial charge in [0.2, 0.25) is 0 Å². The van der Waals surface area contributed by atoms with Gasteiger partial charge in [-0.15, -0.1) is 0 Å². The Morgan fingerprint density at radius 3 is 2.58 bits per heavy atom. The maximum absolute atomic E-state index is 11.5. The number of ether oxygens (including phenoxy) is 1. The fourth-order valence-corrected chi connectivity index (χ4v) is 3.83. The number of hydrogen-bond donors (Lipinski definition) is 1. The van der Waals surface area contributed by atoms with Gasteiger partial charge in [-0.3, -0.25) is 0 Å². The van der Waals surface area contributed by atoms with Crippen molar-refractivity contribution in [1.82, 2.24) is 0 Å². The summed E-state index contributed by atoms with van der Waals surface area (Å²) in [7, 11) is -1.58. The minimum atomic E-state index is -2.91.